The first-order valence-electron chi connectivity index (χ1n) is 6.34. The molecule has 2 rings (SSSR count). The maximum Gasteiger partial charge on any atom is 0.151 e. The summed E-state index contributed by atoms with van der Waals surface area (Å²) in [6.45, 7) is 2.30. The average molecular weight is 275 g/mol. The molecule has 2 aliphatic rings. The Balaban J connectivity index is 1.90. The molecule has 1 heterocycles. The maximum atomic E-state index is 11.5. The van der Waals surface area contributed by atoms with Crippen LogP contribution in [0.1, 0.15) is 25.7 Å². The smallest absolute Gasteiger partial charge is 0.151 e. The highest BCUT2D eigenvalue weighted by molar-refractivity contribution is 7.91. The molecule has 0 amide bonds. The lowest BCUT2D eigenvalue weighted by atomic mass is 10.0. The minimum absolute atomic E-state index is 0.115. The van der Waals surface area contributed by atoms with Crippen LogP contribution in [-0.2, 0) is 9.84 Å². The molecule has 0 atom stereocenters. The molecule has 1 saturated heterocycles. The van der Waals surface area contributed by atoms with Crippen LogP contribution in [-0.4, -0.2) is 55.5 Å². The van der Waals surface area contributed by atoms with Gasteiger partial charge in [0.1, 0.15) is 5.84 Å². The number of hydrogen-bond acceptors (Lipinski definition) is 5. The first-order valence-corrected chi connectivity index (χ1v) is 8.16. The van der Waals surface area contributed by atoms with Crippen LogP contribution in [0.3, 0.4) is 0 Å². The molecule has 0 aromatic rings. The molecule has 1 aliphatic carbocycles. The summed E-state index contributed by atoms with van der Waals surface area (Å²) in [5.74, 6) is 0.832. The van der Waals surface area contributed by atoms with Crippen molar-refractivity contribution in [3.8, 4) is 0 Å². The number of nitrogens with two attached hydrogens (primary N) is 1. The van der Waals surface area contributed by atoms with E-state index in [1.807, 2.05) is 0 Å². The van der Waals surface area contributed by atoms with Crippen LogP contribution in [0.15, 0.2) is 5.16 Å². The van der Waals surface area contributed by atoms with Crippen molar-refractivity contribution < 1.29 is 13.6 Å². The van der Waals surface area contributed by atoms with Crippen molar-refractivity contribution in [3.05, 3.63) is 0 Å². The molecule has 2 fully saturated rings. The van der Waals surface area contributed by atoms with Gasteiger partial charge in [0.05, 0.1) is 11.5 Å². The number of nitrogens with zero attached hydrogens (tertiary/aromatic N) is 2. The lowest BCUT2D eigenvalue weighted by Gasteiger charge is -2.25. The van der Waals surface area contributed by atoms with E-state index in [2.05, 4.69) is 10.1 Å². The Bertz CT molecular complexity index is 429. The van der Waals surface area contributed by atoms with E-state index in [0.717, 1.165) is 25.9 Å². The molecule has 0 aromatic heterocycles. The minimum Gasteiger partial charge on any atom is -0.409 e. The van der Waals surface area contributed by atoms with Crippen molar-refractivity contribution in [2.24, 2.45) is 16.3 Å². The number of rotatable bonds is 4. The molecular weight excluding hydrogens is 254 g/mol. The first-order chi connectivity index (χ1) is 8.45. The Morgan fingerprint density at radius 1 is 1.33 bits per heavy atom. The number of sulfone groups is 1. The van der Waals surface area contributed by atoms with Crippen molar-refractivity contribution >= 4 is 15.7 Å². The number of hydrogen-bond donors (Lipinski definition) is 2. The lowest BCUT2D eigenvalue weighted by molar-refractivity contribution is 0.235. The molecule has 0 spiro atoms. The Morgan fingerprint density at radius 3 is 2.67 bits per heavy atom. The zero-order chi connectivity index (χ0) is 13.2. The fraction of sp³-hybridized carbons (Fsp3) is 0.909. The van der Waals surface area contributed by atoms with Crippen LogP contribution in [0.4, 0.5) is 0 Å². The summed E-state index contributed by atoms with van der Waals surface area (Å²) in [4.78, 5) is 2.21. The normalized spacial score (nSPS) is 27.7. The molecule has 0 bridgehead atoms. The van der Waals surface area contributed by atoms with Gasteiger partial charge >= 0.3 is 0 Å². The molecule has 7 heteroatoms. The predicted molar refractivity (Wildman–Crippen MR) is 69.4 cm³/mol. The molecule has 0 radical (unpaired) electrons. The molecule has 1 aliphatic heterocycles. The third-order valence-corrected chi connectivity index (χ3v) is 5.56. The Labute approximate surface area is 108 Å². The summed E-state index contributed by atoms with van der Waals surface area (Å²) >= 11 is 0. The topological polar surface area (TPSA) is 96.0 Å². The van der Waals surface area contributed by atoms with Crippen molar-refractivity contribution in [2.75, 3.05) is 31.1 Å². The van der Waals surface area contributed by atoms with Gasteiger partial charge in [0.2, 0.25) is 0 Å². The third-order valence-electron chi connectivity index (χ3n) is 3.85. The van der Waals surface area contributed by atoms with Gasteiger partial charge in [0.15, 0.2) is 9.84 Å². The van der Waals surface area contributed by atoms with Gasteiger partial charge in [-0.1, -0.05) is 5.16 Å². The van der Waals surface area contributed by atoms with Gasteiger partial charge in [-0.2, -0.15) is 0 Å². The Morgan fingerprint density at radius 2 is 2.06 bits per heavy atom. The van der Waals surface area contributed by atoms with Crippen LogP contribution in [0, 0.1) is 5.41 Å². The van der Waals surface area contributed by atoms with Crippen LogP contribution < -0.4 is 5.73 Å². The van der Waals surface area contributed by atoms with Gasteiger partial charge in [-0.3, -0.25) is 0 Å². The fourth-order valence-electron chi connectivity index (χ4n) is 2.61. The van der Waals surface area contributed by atoms with E-state index >= 15 is 0 Å². The molecule has 6 nitrogen and oxygen atoms in total. The Kier molecular flexibility index (Phi) is 3.82. The second-order valence-electron chi connectivity index (χ2n) is 5.55. The summed E-state index contributed by atoms with van der Waals surface area (Å²) in [6.07, 6.45) is 3.47. The van der Waals surface area contributed by atoms with E-state index in [4.69, 9.17) is 10.9 Å². The van der Waals surface area contributed by atoms with Gasteiger partial charge in [0, 0.05) is 19.5 Å². The zero-order valence-corrected chi connectivity index (χ0v) is 11.3. The van der Waals surface area contributed by atoms with E-state index < -0.39 is 9.84 Å². The van der Waals surface area contributed by atoms with E-state index in [0.29, 0.717) is 25.1 Å². The summed E-state index contributed by atoms with van der Waals surface area (Å²) in [5, 5.41) is 11.6. The van der Waals surface area contributed by atoms with Gasteiger partial charge in [-0.05, 0) is 31.2 Å². The van der Waals surface area contributed by atoms with E-state index in [1.165, 1.54) is 0 Å². The summed E-state index contributed by atoms with van der Waals surface area (Å²) in [7, 11) is -2.85. The summed E-state index contributed by atoms with van der Waals surface area (Å²) in [6, 6.07) is 0. The second-order valence-corrected chi connectivity index (χ2v) is 7.85. The highest BCUT2D eigenvalue weighted by Crippen LogP contribution is 2.49. The average Bonchev–Trinajstić information content (AvgIpc) is 3.06. The quantitative estimate of drug-likeness (QED) is 0.326. The van der Waals surface area contributed by atoms with E-state index in [9.17, 15) is 8.42 Å². The van der Waals surface area contributed by atoms with E-state index in [-0.39, 0.29) is 17.0 Å². The van der Waals surface area contributed by atoms with Crippen molar-refractivity contribution in [1.82, 2.24) is 4.90 Å². The standard InChI is InChI=1S/C11H21N3O3S/c12-10(13-15)8-11(2-3-11)9-14-4-1-6-18(16,17)7-5-14/h15H,1-9H2,(H2,12,13). The third kappa shape index (κ3) is 3.58. The van der Waals surface area contributed by atoms with Crippen molar-refractivity contribution in [2.45, 2.75) is 25.7 Å². The van der Waals surface area contributed by atoms with Crippen LogP contribution in [0.2, 0.25) is 0 Å². The van der Waals surface area contributed by atoms with Crippen LogP contribution in [0.25, 0.3) is 0 Å². The number of oxime groups is 1. The molecule has 1 saturated carbocycles. The predicted octanol–water partition coefficient (Wildman–Crippen LogP) is 0.0236. The van der Waals surface area contributed by atoms with Gasteiger partial charge in [-0.15, -0.1) is 0 Å². The fourth-order valence-corrected chi connectivity index (χ4v) is 3.92. The molecular formula is C11H21N3O3S. The van der Waals surface area contributed by atoms with Crippen molar-refractivity contribution in [1.29, 1.82) is 0 Å². The SMILES string of the molecule is NC(CC1(CN2CCCS(=O)(=O)CC2)CC1)=NO. The largest absolute Gasteiger partial charge is 0.409 e. The lowest BCUT2D eigenvalue weighted by Crippen LogP contribution is -2.35. The molecule has 18 heavy (non-hydrogen) atoms. The zero-order valence-electron chi connectivity index (χ0n) is 10.5. The monoisotopic (exact) mass is 275 g/mol. The maximum absolute atomic E-state index is 11.5. The molecule has 0 unspecified atom stereocenters. The summed E-state index contributed by atoms with van der Waals surface area (Å²) < 4.78 is 23.0. The highest BCUT2D eigenvalue weighted by Gasteiger charge is 2.44. The summed E-state index contributed by atoms with van der Waals surface area (Å²) in [5.41, 5.74) is 5.68. The van der Waals surface area contributed by atoms with Gasteiger partial charge in [-0.25, -0.2) is 8.42 Å². The number of amidine groups is 1. The van der Waals surface area contributed by atoms with Crippen molar-refractivity contribution in [3.63, 3.8) is 0 Å². The molecule has 0 aromatic carbocycles. The second kappa shape index (κ2) is 5.05. The van der Waals surface area contributed by atoms with E-state index in [1.54, 1.807) is 0 Å². The van der Waals surface area contributed by atoms with Crippen LogP contribution in [0.5, 0.6) is 0 Å². The molecule has 104 valence electrons. The van der Waals surface area contributed by atoms with Gasteiger partial charge in [0.25, 0.3) is 0 Å². The Hall–Kier alpha value is -0.820. The first kappa shape index (κ1) is 13.6. The van der Waals surface area contributed by atoms with Crippen LogP contribution >= 0.6 is 0 Å². The van der Waals surface area contributed by atoms with Gasteiger partial charge < -0.3 is 15.8 Å². The molecule has 3 N–H and O–H groups in total. The minimum atomic E-state index is -2.85. The highest BCUT2D eigenvalue weighted by atomic mass is 32.2.